The fourth-order valence-electron chi connectivity index (χ4n) is 4.34. The minimum Gasteiger partial charge on any atom is -0.425 e. The van der Waals surface area contributed by atoms with Crippen LogP contribution < -0.4 is 11.1 Å². The molecular weight excluding hydrogens is 701 g/mol. The van der Waals surface area contributed by atoms with Crippen LogP contribution in [-0.2, 0) is 41.6 Å². The molecule has 0 radical (unpaired) electrons. The van der Waals surface area contributed by atoms with E-state index in [4.69, 9.17) is 15.2 Å². The van der Waals surface area contributed by atoms with Crippen molar-refractivity contribution in [2.45, 2.75) is 69.4 Å². The number of carbonyl (C=O) groups is 4. The number of halogens is 2. The second-order valence-electron chi connectivity index (χ2n) is 10.9. The van der Waals surface area contributed by atoms with Crippen LogP contribution in [0.2, 0.25) is 0 Å². The SMILES string of the molecule is CC(C)CCC(=O)OC(C)OC(=O)C1=C(CSc2nnnn2CCN(C)C)CS[C@@H]2[C@H](NC(=O)Cc3csc(N)n3)C(=O)N12.Cl.Cl. The van der Waals surface area contributed by atoms with Gasteiger partial charge in [0.2, 0.25) is 17.4 Å². The highest BCUT2D eigenvalue weighted by Crippen LogP contribution is 2.42. The number of β-lactam (4-membered cyclic amide) rings is 1. The molecule has 1 saturated heterocycles. The third-order valence-corrected chi connectivity index (χ3v) is 9.70. The summed E-state index contributed by atoms with van der Waals surface area (Å²) in [5, 5.41) is 16.8. The number of nitrogen functional groups attached to an aromatic ring is 1. The first-order valence-corrected chi connectivity index (χ1v) is 16.9. The lowest BCUT2D eigenvalue weighted by Crippen LogP contribution is -2.70. The van der Waals surface area contributed by atoms with Gasteiger partial charge in [-0.05, 0) is 42.4 Å². The molecule has 3 N–H and O–H groups in total. The second kappa shape index (κ2) is 18.1. The third kappa shape index (κ3) is 10.4. The van der Waals surface area contributed by atoms with Crippen LogP contribution in [0.15, 0.2) is 21.8 Å². The molecule has 2 aromatic heterocycles. The standard InChI is InChI=1S/C26H37N9O6S3.2ClH/c1-14(2)6-7-19(37)40-15(3)41-24(39)21-16(12-44-26-30-31-32-34(26)9-8-33(4)5)11-42-23-20(22(38)35(21)23)29-18(36)10-17-13-43-25(27)28-17;;/h13-15,20,23H,6-12H2,1-5H3,(H2,27,28)(H,29,36);2*1H/t15?,20-,23-;;/m1../s1. The molecule has 0 bridgehead atoms. The topological polar surface area (TPSA) is 188 Å². The summed E-state index contributed by atoms with van der Waals surface area (Å²) >= 11 is 3.99. The number of esters is 2. The predicted octanol–water partition coefficient (Wildman–Crippen LogP) is 1.97. The van der Waals surface area contributed by atoms with Gasteiger partial charge >= 0.3 is 11.9 Å². The van der Waals surface area contributed by atoms with E-state index in [1.54, 1.807) is 10.1 Å². The van der Waals surface area contributed by atoms with Gasteiger partial charge in [-0.3, -0.25) is 19.3 Å². The Balaban J connectivity index is 0.00000368. The van der Waals surface area contributed by atoms with Gasteiger partial charge in [-0.15, -0.1) is 53.0 Å². The molecule has 2 aromatic rings. The number of thioether (sulfide) groups is 2. The van der Waals surface area contributed by atoms with E-state index < -0.39 is 35.6 Å². The molecule has 0 aliphatic carbocycles. The summed E-state index contributed by atoms with van der Waals surface area (Å²) in [5.74, 6) is -1.08. The third-order valence-electron chi connectivity index (χ3n) is 6.60. The fourth-order valence-corrected chi connectivity index (χ4v) is 7.29. The molecule has 3 atom stereocenters. The quantitative estimate of drug-likeness (QED) is 0.117. The Morgan fingerprint density at radius 3 is 2.61 bits per heavy atom. The normalized spacial score (nSPS) is 17.9. The van der Waals surface area contributed by atoms with E-state index in [-0.39, 0.29) is 49.3 Å². The van der Waals surface area contributed by atoms with Crippen LogP contribution >= 0.6 is 59.7 Å². The maximum Gasteiger partial charge on any atom is 0.358 e. The average molecular weight is 741 g/mol. The zero-order valence-electron chi connectivity index (χ0n) is 26.0. The summed E-state index contributed by atoms with van der Waals surface area (Å²) in [6.07, 6.45) is -0.342. The number of thiazole rings is 1. The molecule has 46 heavy (non-hydrogen) atoms. The molecule has 2 aliphatic heterocycles. The number of fused-ring (bicyclic) bond motifs is 1. The van der Waals surface area contributed by atoms with Crippen LogP contribution in [0.5, 0.6) is 0 Å². The number of ether oxygens (including phenoxy) is 2. The summed E-state index contributed by atoms with van der Waals surface area (Å²) in [4.78, 5) is 59.3. The van der Waals surface area contributed by atoms with Gasteiger partial charge in [-0.25, -0.2) is 14.5 Å². The number of hydrogen-bond acceptors (Lipinski definition) is 15. The van der Waals surface area contributed by atoms with Crippen molar-refractivity contribution in [3.8, 4) is 0 Å². The number of carbonyl (C=O) groups excluding carboxylic acids is 4. The highest BCUT2D eigenvalue weighted by molar-refractivity contribution is 8.01. The van der Waals surface area contributed by atoms with Crippen LogP contribution in [0.1, 0.15) is 39.3 Å². The van der Waals surface area contributed by atoms with Crippen LogP contribution in [0.3, 0.4) is 0 Å². The summed E-state index contributed by atoms with van der Waals surface area (Å²) in [5.41, 5.74) is 6.88. The first kappa shape index (κ1) is 39.5. The maximum atomic E-state index is 13.5. The number of tetrazole rings is 1. The van der Waals surface area contributed by atoms with Crippen LogP contribution in [0.4, 0.5) is 5.13 Å². The van der Waals surface area contributed by atoms with Crippen molar-refractivity contribution in [2.75, 3.05) is 37.9 Å². The summed E-state index contributed by atoms with van der Waals surface area (Å²) in [7, 11) is 3.90. The van der Waals surface area contributed by atoms with Crippen molar-refractivity contribution in [2.24, 2.45) is 5.92 Å². The first-order chi connectivity index (χ1) is 20.9. The Morgan fingerprint density at radius 1 is 1.22 bits per heavy atom. The van der Waals surface area contributed by atoms with E-state index in [9.17, 15) is 19.2 Å². The van der Waals surface area contributed by atoms with Gasteiger partial charge in [0.1, 0.15) is 17.1 Å². The van der Waals surface area contributed by atoms with Crippen molar-refractivity contribution in [3.63, 3.8) is 0 Å². The summed E-state index contributed by atoms with van der Waals surface area (Å²) < 4.78 is 12.5. The van der Waals surface area contributed by atoms with E-state index >= 15 is 0 Å². The maximum absolute atomic E-state index is 13.5. The van der Waals surface area contributed by atoms with Gasteiger partial charge in [0.25, 0.3) is 5.91 Å². The van der Waals surface area contributed by atoms with E-state index in [0.29, 0.717) is 51.9 Å². The van der Waals surface area contributed by atoms with Crippen molar-refractivity contribution in [1.29, 1.82) is 0 Å². The number of likely N-dealkylation sites (N-methyl/N-ethyl adjacent to an activating group) is 1. The monoisotopic (exact) mass is 739 g/mol. The molecule has 1 unspecified atom stereocenters. The lowest BCUT2D eigenvalue weighted by Gasteiger charge is -2.49. The van der Waals surface area contributed by atoms with Crippen molar-refractivity contribution >= 4 is 88.6 Å². The molecule has 0 aromatic carbocycles. The van der Waals surface area contributed by atoms with Crippen LogP contribution in [0.25, 0.3) is 0 Å². The zero-order chi connectivity index (χ0) is 32.0. The molecule has 4 heterocycles. The van der Waals surface area contributed by atoms with Crippen LogP contribution in [-0.4, -0.2) is 109 Å². The number of anilines is 1. The van der Waals surface area contributed by atoms with Gasteiger partial charge in [0.05, 0.1) is 18.7 Å². The molecule has 0 saturated carbocycles. The lowest BCUT2D eigenvalue weighted by atomic mass is 10.0. The Labute approximate surface area is 291 Å². The number of rotatable bonds is 15. The lowest BCUT2D eigenvalue weighted by molar-refractivity contribution is -0.184. The summed E-state index contributed by atoms with van der Waals surface area (Å²) in [6, 6.07) is -0.829. The Kier molecular flexibility index (Phi) is 15.5. The number of nitrogens with one attached hydrogen (secondary N) is 1. The molecule has 1 fully saturated rings. The molecule has 4 rings (SSSR count). The average Bonchev–Trinajstić information content (AvgIpc) is 3.59. The fraction of sp³-hybridized carbons (Fsp3) is 0.615. The molecule has 20 heteroatoms. The van der Waals surface area contributed by atoms with Gasteiger partial charge in [0.15, 0.2) is 5.13 Å². The second-order valence-corrected chi connectivity index (χ2v) is 13.9. The van der Waals surface area contributed by atoms with Gasteiger partial charge < -0.3 is 25.4 Å². The largest absolute Gasteiger partial charge is 0.425 e. The smallest absolute Gasteiger partial charge is 0.358 e. The number of amides is 2. The zero-order valence-corrected chi connectivity index (χ0v) is 30.1. The predicted molar refractivity (Wildman–Crippen MR) is 180 cm³/mol. The number of aromatic nitrogens is 5. The number of nitrogens with zero attached hydrogens (tertiary/aromatic N) is 7. The molecular formula is C26H39Cl2N9O6S3. The van der Waals surface area contributed by atoms with Gasteiger partial charge in [-0.1, -0.05) is 25.6 Å². The molecule has 2 amide bonds. The summed E-state index contributed by atoms with van der Waals surface area (Å²) in [6.45, 7) is 6.76. The van der Waals surface area contributed by atoms with Crippen molar-refractivity contribution in [1.82, 2.24) is 40.3 Å². The molecule has 15 nitrogen and oxygen atoms in total. The number of nitrogens with two attached hydrogens (primary N) is 1. The van der Waals surface area contributed by atoms with Gasteiger partial charge in [-0.2, -0.15) is 0 Å². The molecule has 0 spiro atoms. The van der Waals surface area contributed by atoms with E-state index in [2.05, 4.69) is 25.8 Å². The first-order valence-electron chi connectivity index (χ1n) is 14.0. The highest BCUT2D eigenvalue weighted by Gasteiger charge is 2.54. The molecule has 256 valence electrons. The molecule has 2 aliphatic rings. The Hall–Kier alpha value is -2.64. The minimum atomic E-state index is -1.16. The van der Waals surface area contributed by atoms with Gasteiger partial charge in [0, 0.05) is 36.8 Å². The highest BCUT2D eigenvalue weighted by atomic mass is 35.5. The van der Waals surface area contributed by atoms with E-state index in [0.717, 1.165) is 6.54 Å². The Bertz CT molecular complexity index is 1410. The van der Waals surface area contributed by atoms with Crippen molar-refractivity contribution < 1.29 is 28.7 Å². The Morgan fingerprint density at radius 2 is 1.96 bits per heavy atom. The van der Waals surface area contributed by atoms with E-state index in [1.807, 2.05) is 32.8 Å². The van der Waals surface area contributed by atoms with Crippen molar-refractivity contribution in [3.05, 3.63) is 22.3 Å². The van der Waals surface area contributed by atoms with Crippen LogP contribution in [0, 0.1) is 5.92 Å². The van der Waals surface area contributed by atoms with E-state index in [1.165, 1.54) is 46.7 Å². The minimum absolute atomic E-state index is 0. The number of hydrogen-bond donors (Lipinski definition) is 2.